The van der Waals surface area contributed by atoms with Crippen molar-refractivity contribution in [1.29, 1.82) is 0 Å². The first-order valence-electron chi connectivity index (χ1n) is 6.14. The van der Waals surface area contributed by atoms with E-state index in [2.05, 4.69) is 4.52 Å². The first-order chi connectivity index (χ1) is 10.2. The molecule has 0 aliphatic heterocycles. The van der Waals surface area contributed by atoms with Crippen LogP contribution in [0.2, 0.25) is 0 Å². The van der Waals surface area contributed by atoms with E-state index < -0.39 is 13.6 Å². The normalized spacial score (nSPS) is 11.2. The third-order valence-corrected chi connectivity index (χ3v) is 3.19. The van der Waals surface area contributed by atoms with Crippen LogP contribution in [0.3, 0.4) is 0 Å². The molecule has 2 rings (SSSR count). The summed E-state index contributed by atoms with van der Waals surface area (Å²) in [6.07, 6.45) is -0.130. The fourth-order valence-electron chi connectivity index (χ4n) is 1.89. The average Bonchev–Trinajstić information content (AvgIpc) is 2.39. The van der Waals surface area contributed by atoms with E-state index >= 15 is 0 Å². The number of benzene rings is 2. The van der Waals surface area contributed by atoms with Gasteiger partial charge in [0.25, 0.3) is 0 Å². The second kappa shape index (κ2) is 6.19. The summed E-state index contributed by atoms with van der Waals surface area (Å²) in [4.78, 5) is 30.0. The molecule has 0 amide bonds. The van der Waals surface area contributed by atoms with Gasteiger partial charge in [0.2, 0.25) is 0 Å². The molecule has 0 fully saturated rings. The molecule has 0 radical (unpaired) electrons. The zero-order valence-electron chi connectivity index (χ0n) is 11.2. The quantitative estimate of drug-likeness (QED) is 0.489. The fourth-order valence-corrected chi connectivity index (χ4v) is 2.31. The third kappa shape index (κ3) is 4.33. The lowest BCUT2D eigenvalue weighted by atomic mass is 10.0. The lowest BCUT2D eigenvalue weighted by Crippen LogP contribution is -2.06. The zero-order chi connectivity index (χ0) is 16.3. The van der Waals surface area contributed by atoms with Gasteiger partial charge < -0.3 is 14.7 Å². The summed E-state index contributed by atoms with van der Waals surface area (Å²) < 4.78 is 15.4. The molecule has 0 heterocycles. The molecule has 0 bridgehead atoms. The van der Waals surface area contributed by atoms with Crippen molar-refractivity contribution < 1.29 is 33.9 Å². The first kappa shape index (κ1) is 16.0. The number of hydrogen-bond acceptors (Lipinski definition) is 5. The summed E-state index contributed by atoms with van der Waals surface area (Å²) in [5, 5.41) is 18.8. The van der Waals surface area contributed by atoms with E-state index in [0.717, 1.165) is 18.2 Å². The summed E-state index contributed by atoms with van der Waals surface area (Å²) in [5.74, 6) is -1.09. The van der Waals surface area contributed by atoms with Crippen molar-refractivity contribution in [3.8, 4) is 17.2 Å². The van der Waals surface area contributed by atoms with E-state index in [-0.39, 0.29) is 29.2 Å². The maximum Gasteiger partial charge on any atom is 0.524 e. The van der Waals surface area contributed by atoms with Gasteiger partial charge in [-0.2, -0.15) is 0 Å². The minimum Gasteiger partial charge on any atom is -0.508 e. The van der Waals surface area contributed by atoms with E-state index in [4.69, 9.17) is 9.79 Å². The van der Waals surface area contributed by atoms with Crippen LogP contribution in [0.4, 0.5) is 0 Å². The molecule has 2 aromatic rings. The van der Waals surface area contributed by atoms with E-state index in [9.17, 15) is 19.6 Å². The minimum atomic E-state index is -4.83. The largest absolute Gasteiger partial charge is 0.524 e. The van der Waals surface area contributed by atoms with Crippen molar-refractivity contribution in [3.05, 3.63) is 53.6 Å². The molecule has 0 saturated heterocycles. The number of hydrogen-bond donors (Lipinski definition) is 4. The monoisotopic (exact) mass is 324 g/mol. The molecule has 7 nitrogen and oxygen atoms in total. The molecule has 0 aliphatic carbocycles. The van der Waals surface area contributed by atoms with Gasteiger partial charge in [0.15, 0.2) is 5.78 Å². The number of rotatable bonds is 5. The van der Waals surface area contributed by atoms with Crippen LogP contribution in [0.15, 0.2) is 42.5 Å². The molecule has 8 heteroatoms. The molecule has 0 aromatic heterocycles. The average molecular weight is 324 g/mol. The van der Waals surface area contributed by atoms with Gasteiger partial charge in [-0.3, -0.25) is 14.6 Å². The number of ketones is 1. The maximum atomic E-state index is 12.3. The Kier molecular flexibility index (Phi) is 4.51. The lowest BCUT2D eigenvalue weighted by molar-refractivity contribution is 0.0990. The van der Waals surface area contributed by atoms with Crippen LogP contribution in [0, 0.1) is 0 Å². The third-order valence-electron chi connectivity index (χ3n) is 2.76. The summed E-state index contributed by atoms with van der Waals surface area (Å²) >= 11 is 0. The van der Waals surface area contributed by atoms with Gasteiger partial charge in [-0.15, -0.1) is 0 Å². The van der Waals surface area contributed by atoms with Gasteiger partial charge in [-0.1, -0.05) is 12.1 Å². The highest BCUT2D eigenvalue weighted by atomic mass is 31.2. The number of phosphoric ester groups is 1. The van der Waals surface area contributed by atoms with Gasteiger partial charge in [0, 0.05) is 6.42 Å². The summed E-state index contributed by atoms with van der Waals surface area (Å²) in [6.45, 7) is 0. The summed E-state index contributed by atoms with van der Waals surface area (Å²) in [5.41, 5.74) is 0.349. The number of aromatic hydroxyl groups is 2. The molecule has 2 aromatic carbocycles. The first-order valence-corrected chi connectivity index (χ1v) is 7.67. The zero-order valence-corrected chi connectivity index (χ0v) is 12.1. The Hall–Kier alpha value is -2.34. The van der Waals surface area contributed by atoms with Crippen LogP contribution in [0.25, 0.3) is 0 Å². The molecule has 0 aliphatic rings. The maximum absolute atomic E-state index is 12.3. The molecule has 116 valence electrons. The van der Waals surface area contributed by atoms with Crippen LogP contribution in [0.1, 0.15) is 15.9 Å². The number of Topliss-reactive ketones (excluding diaryl/α,β-unsaturated/α-hetero) is 1. The number of phenolic OH excluding ortho intramolecular Hbond substituents is 2. The number of carbonyl (C=O) groups excluding carboxylic acids is 1. The van der Waals surface area contributed by atoms with Crippen molar-refractivity contribution in [1.82, 2.24) is 0 Å². The SMILES string of the molecule is O=C(Cc1cccc(O)c1)c1cc(O)ccc1OP(=O)(O)O. The Morgan fingerprint density at radius 1 is 1.05 bits per heavy atom. The van der Waals surface area contributed by atoms with E-state index in [1.165, 1.54) is 12.1 Å². The smallest absolute Gasteiger partial charge is 0.508 e. The van der Waals surface area contributed by atoms with Crippen LogP contribution in [-0.4, -0.2) is 25.8 Å². The second-order valence-corrected chi connectivity index (χ2v) is 5.70. The molecule has 0 unspecified atom stereocenters. The van der Waals surface area contributed by atoms with Gasteiger partial charge in [-0.25, -0.2) is 4.57 Å². The van der Waals surface area contributed by atoms with E-state index in [1.807, 2.05) is 0 Å². The number of carbonyl (C=O) groups is 1. The molecule has 0 saturated carbocycles. The van der Waals surface area contributed by atoms with Crippen molar-refractivity contribution in [2.45, 2.75) is 6.42 Å². The van der Waals surface area contributed by atoms with Crippen molar-refractivity contribution in [3.63, 3.8) is 0 Å². The highest BCUT2D eigenvalue weighted by Crippen LogP contribution is 2.40. The lowest BCUT2D eigenvalue weighted by Gasteiger charge is -2.11. The Morgan fingerprint density at radius 2 is 1.73 bits per heavy atom. The van der Waals surface area contributed by atoms with Gasteiger partial charge in [0.1, 0.15) is 17.2 Å². The Bertz CT molecular complexity index is 751. The Morgan fingerprint density at radius 3 is 2.36 bits per heavy atom. The molecule has 0 atom stereocenters. The van der Waals surface area contributed by atoms with Crippen molar-refractivity contribution in [2.24, 2.45) is 0 Å². The van der Waals surface area contributed by atoms with Crippen LogP contribution in [0.5, 0.6) is 17.2 Å². The van der Waals surface area contributed by atoms with Crippen LogP contribution in [-0.2, 0) is 11.0 Å². The Balaban J connectivity index is 2.32. The number of phosphoric acid groups is 1. The van der Waals surface area contributed by atoms with Gasteiger partial charge >= 0.3 is 7.82 Å². The van der Waals surface area contributed by atoms with Crippen LogP contribution >= 0.6 is 7.82 Å². The number of phenols is 2. The van der Waals surface area contributed by atoms with E-state index in [1.54, 1.807) is 12.1 Å². The predicted molar refractivity (Wildman–Crippen MR) is 76.9 cm³/mol. The molecular weight excluding hydrogens is 311 g/mol. The standard InChI is InChI=1S/C14H13O7P/c15-10-3-1-2-9(6-10)7-13(17)12-8-11(16)4-5-14(12)21-22(18,19)20/h1-6,8,15-16H,7H2,(H2,18,19,20). The van der Waals surface area contributed by atoms with E-state index in [0.29, 0.717) is 5.56 Å². The van der Waals surface area contributed by atoms with Gasteiger partial charge in [0.05, 0.1) is 5.56 Å². The predicted octanol–water partition coefficient (Wildman–Crippen LogP) is 1.99. The minimum absolute atomic E-state index is 0.00657. The topological polar surface area (TPSA) is 124 Å². The highest BCUT2D eigenvalue weighted by molar-refractivity contribution is 7.46. The molecular formula is C14H13O7P. The summed E-state index contributed by atoms with van der Waals surface area (Å²) in [6, 6.07) is 9.34. The Labute approximate surface area is 125 Å². The highest BCUT2D eigenvalue weighted by Gasteiger charge is 2.22. The second-order valence-electron chi connectivity index (χ2n) is 4.53. The van der Waals surface area contributed by atoms with Crippen LogP contribution < -0.4 is 4.52 Å². The van der Waals surface area contributed by atoms with Crippen molar-refractivity contribution in [2.75, 3.05) is 0 Å². The summed E-state index contributed by atoms with van der Waals surface area (Å²) in [7, 11) is -4.83. The molecule has 4 N–H and O–H groups in total. The molecule has 0 spiro atoms. The van der Waals surface area contributed by atoms with Gasteiger partial charge in [-0.05, 0) is 35.9 Å². The molecule has 22 heavy (non-hydrogen) atoms. The fraction of sp³-hybridized carbons (Fsp3) is 0.0714. The van der Waals surface area contributed by atoms with Crippen molar-refractivity contribution >= 4 is 13.6 Å².